The van der Waals surface area contributed by atoms with Crippen molar-refractivity contribution in [3.05, 3.63) is 0 Å². The van der Waals surface area contributed by atoms with E-state index in [0.29, 0.717) is 6.54 Å². The molecule has 5 nitrogen and oxygen atoms in total. The van der Waals surface area contributed by atoms with Gasteiger partial charge in [-0.2, -0.15) is 4.89 Å². The van der Waals surface area contributed by atoms with Crippen LogP contribution in [-0.4, -0.2) is 35.1 Å². The SMILES string of the molecule is O=C(O)OOC1CCCCCN(P)C1. The molecule has 1 rings (SSSR count). The molecule has 0 spiro atoms. The van der Waals surface area contributed by atoms with Crippen LogP contribution in [0.3, 0.4) is 0 Å². The third-order valence-electron chi connectivity index (χ3n) is 2.17. The molecule has 0 aromatic rings. The van der Waals surface area contributed by atoms with E-state index in [2.05, 4.69) is 18.9 Å². The van der Waals surface area contributed by atoms with Gasteiger partial charge in [0.05, 0.1) is 0 Å². The molecule has 2 atom stereocenters. The van der Waals surface area contributed by atoms with Crippen molar-refractivity contribution in [1.82, 2.24) is 4.67 Å². The van der Waals surface area contributed by atoms with Gasteiger partial charge in [-0.3, -0.25) is 9.56 Å². The van der Waals surface area contributed by atoms with E-state index in [0.717, 1.165) is 25.8 Å². The van der Waals surface area contributed by atoms with Gasteiger partial charge in [0.15, 0.2) is 0 Å². The Bertz CT molecular complexity index is 190. The van der Waals surface area contributed by atoms with E-state index in [9.17, 15) is 4.79 Å². The van der Waals surface area contributed by atoms with Crippen molar-refractivity contribution in [1.29, 1.82) is 0 Å². The van der Waals surface area contributed by atoms with Crippen LogP contribution in [0.4, 0.5) is 4.79 Å². The van der Waals surface area contributed by atoms with Gasteiger partial charge in [0.2, 0.25) is 0 Å². The molecule has 0 radical (unpaired) electrons. The molecule has 1 aliphatic heterocycles. The van der Waals surface area contributed by atoms with Crippen LogP contribution in [0, 0.1) is 0 Å². The highest BCUT2D eigenvalue weighted by molar-refractivity contribution is 7.13. The second-order valence-electron chi connectivity index (χ2n) is 3.41. The van der Waals surface area contributed by atoms with E-state index < -0.39 is 6.16 Å². The minimum atomic E-state index is -1.39. The van der Waals surface area contributed by atoms with Gasteiger partial charge < -0.3 is 5.11 Å². The van der Waals surface area contributed by atoms with E-state index in [1.165, 1.54) is 6.42 Å². The van der Waals surface area contributed by atoms with E-state index in [4.69, 9.17) is 9.99 Å². The summed E-state index contributed by atoms with van der Waals surface area (Å²) >= 11 is 0. The Morgan fingerprint density at radius 3 is 2.93 bits per heavy atom. The molecule has 1 saturated heterocycles. The van der Waals surface area contributed by atoms with Crippen molar-refractivity contribution in [3.63, 3.8) is 0 Å². The monoisotopic (exact) mass is 221 g/mol. The van der Waals surface area contributed by atoms with Crippen molar-refractivity contribution in [2.24, 2.45) is 0 Å². The standard InChI is InChI=1S/C8H16NO4P/c10-8(11)13-12-7-4-2-1-3-5-9(14)6-7/h7H,1-6,14H2,(H,10,11). The average Bonchev–Trinajstić information content (AvgIpc) is 2.08. The van der Waals surface area contributed by atoms with Gasteiger partial charge >= 0.3 is 6.16 Å². The maximum absolute atomic E-state index is 10.1. The molecular formula is C8H16NO4P. The molecule has 0 saturated carbocycles. The molecule has 14 heavy (non-hydrogen) atoms. The normalized spacial score (nSPS) is 25.1. The molecular weight excluding hydrogens is 205 g/mol. The molecule has 0 aromatic heterocycles. The lowest BCUT2D eigenvalue weighted by molar-refractivity contribution is -0.285. The van der Waals surface area contributed by atoms with Crippen LogP contribution in [0.25, 0.3) is 0 Å². The Kier molecular flexibility index (Phi) is 5.15. The third-order valence-corrected chi connectivity index (χ3v) is 2.63. The van der Waals surface area contributed by atoms with Crippen LogP contribution >= 0.6 is 9.39 Å². The second kappa shape index (κ2) is 6.17. The first-order chi connectivity index (χ1) is 6.68. The zero-order chi connectivity index (χ0) is 10.4. The lowest BCUT2D eigenvalue weighted by Gasteiger charge is -2.24. The summed E-state index contributed by atoms with van der Waals surface area (Å²) in [6.07, 6.45) is 2.70. The highest BCUT2D eigenvalue weighted by atomic mass is 31.0. The largest absolute Gasteiger partial charge is 0.537 e. The van der Waals surface area contributed by atoms with Crippen molar-refractivity contribution >= 4 is 15.5 Å². The van der Waals surface area contributed by atoms with E-state index >= 15 is 0 Å². The molecule has 82 valence electrons. The van der Waals surface area contributed by atoms with Crippen molar-refractivity contribution < 1.29 is 19.7 Å². The van der Waals surface area contributed by atoms with Gasteiger partial charge in [0.1, 0.15) is 6.10 Å². The van der Waals surface area contributed by atoms with Gasteiger partial charge in [-0.05, 0) is 12.8 Å². The molecule has 0 bridgehead atoms. The fourth-order valence-corrected chi connectivity index (χ4v) is 1.91. The summed E-state index contributed by atoms with van der Waals surface area (Å²) in [6, 6.07) is 0. The van der Waals surface area contributed by atoms with Gasteiger partial charge in [-0.25, -0.2) is 4.79 Å². The number of hydrogen-bond acceptors (Lipinski definition) is 4. The Morgan fingerprint density at radius 1 is 1.43 bits per heavy atom. The highest BCUT2D eigenvalue weighted by Gasteiger charge is 2.17. The number of rotatable bonds is 2. The van der Waals surface area contributed by atoms with Gasteiger partial charge in [0.25, 0.3) is 0 Å². The first kappa shape index (κ1) is 11.7. The number of carboxylic acid groups (broad SMARTS) is 1. The smallest absolute Gasteiger partial charge is 0.448 e. The summed E-state index contributed by atoms with van der Waals surface area (Å²) in [5.74, 6) is 0. The van der Waals surface area contributed by atoms with Crippen molar-refractivity contribution in [2.45, 2.75) is 31.8 Å². The number of nitrogens with zero attached hydrogens (tertiary/aromatic N) is 1. The van der Waals surface area contributed by atoms with Crippen LogP contribution in [-0.2, 0) is 9.78 Å². The van der Waals surface area contributed by atoms with Crippen LogP contribution in [0.1, 0.15) is 25.7 Å². The first-order valence-electron chi connectivity index (χ1n) is 4.74. The summed E-state index contributed by atoms with van der Waals surface area (Å²) < 4.78 is 2.05. The fourth-order valence-electron chi connectivity index (χ4n) is 1.50. The Balaban J connectivity index is 2.28. The van der Waals surface area contributed by atoms with Crippen LogP contribution in [0.5, 0.6) is 0 Å². The molecule has 0 aliphatic carbocycles. The molecule has 1 N–H and O–H groups in total. The van der Waals surface area contributed by atoms with Gasteiger partial charge in [-0.1, -0.05) is 22.2 Å². The first-order valence-corrected chi connectivity index (χ1v) is 5.26. The lowest BCUT2D eigenvalue weighted by atomic mass is 10.1. The van der Waals surface area contributed by atoms with Crippen molar-refractivity contribution in [3.8, 4) is 0 Å². The molecule has 1 heterocycles. The maximum atomic E-state index is 10.1. The zero-order valence-corrected chi connectivity index (χ0v) is 9.17. The zero-order valence-electron chi connectivity index (χ0n) is 8.02. The highest BCUT2D eigenvalue weighted by Crippen LogP contribution is 2.16. The summed E-state index contributed by atoms with van der Waals surface area (Å²) in [4.78, 5) is 19.0. The summed E-state index contributed by atoms with van der Waals surface area (Å²) in [5, 5.41) is 8.27. The Hall–Kier alpha value is -0.380. The summed E-state index contributed by atoms with van der Waals surface area (Å²) in [6.45, 7) is 1.69. The molecule has 1 fully saturated rings. The van der Waals surface area contributed by atoms with Crippen LogP contribution in [0.2, 0.25) is 0 Å². The minimum absolute atomic E-state index is 0.149. The second-order valence-corrected chi connectivity index (χ2v) is 4.14. The predicted octanol–water partition coefficient (Wildman–Crippen LogP) is 1.65. The van der Waals surface area contributed by atoms with E-state index in [1.54, 1.807) is 0 Å². The number of carbonyl (C=O) groups is 1. The fraction of sp³-hybridized carbons (Fsp3) is 0.875. The predicted molar refractivity (Wildman–Crippen MR) is 53.7 cm³/mol. The quantitative estimate of drug-likeness (QED) is 0.436. The Morgan fingerprint density at radius 2 is 2.21 bits per heavy atom. The summed E-state index contributed by atoms with van der Waals surface area (Å²) in [5.41, 5.74) is 0. The maximum Gasteiger partial charge on any atom is 0.537 e. The topological polar surface area (TPSA) is 59.0 Å². The lowest BCUT2D eigenvalue weighted by Crippen LogP contribution is -2.30. The molecule has 0 aromatic carbocycles. The molecule has 2 unspecified atom stereocenters. The van der Waals surface area contributed by atoms with Crippen LogP contribution in [0.15, 0.2) is 0 Å². The van der Waals surface area contributed by atoms with Crippen LogP contribution < -0.4 is 0 Å². The Labute approximate surface area is 85.5 Å². The van der Waals surface area contributed by atoms with E-state index in [-0.39, 0.29) is 6.10 Å². The average molecular weight is 221 g/mol. The molecule has 1 aliphatic rings. The summed E-state index contributed by atoms with van der Waals surface area (Å²) in [7, 11) is 2.61. The third kappa shape index (κ3) is 4.74. The molecule has 0 amide bonds. The molecule has 6 heteroatoms. The minimum Gasteiger partial charge on any atom is -0.448 e. The van der Waals surface area contributed by atoms with E-state index in [1.807, 2.05) is 0 Å². The van der Waals surface area contributed by atoms with Crippen molar-refractivity contribution in [2.75, 3.05) is 13.1 Å². The number of hydrogen-bond donors (Lipinski definition) is 1. The van der Waals surface area contributed by atoms with Gasteiger partial charge in [-0.15, -0.1) is 0 Å². The van der Waals surface area contributed by atoms with Gasteiger partial charge in [0, 0.05) is 13.1 Å².